The number of rotatable bonds is 8. The van der Waals surface area contributed by atoms with Crippen LogP contribution in [0.5, 0.6) is 5.88 Å². The molecule has 8 heteroatoms. The van der Waals surface area contributed by atoms with Gasteiger partial charge in [0, 0.05) is 48.2 Å². The van der Waals surface area contributed by atoms with Gasteiger partial charge in [0.25, 0.3) is 0 Å². The highest BCUT2D eigenvalue weighted by Gasteiger charge is 2.51. The number of aliphatic hydroxyl groups excluding tert-OH is 1. The van der Waals surface area contributed by atoms with Crippen molar-refractivity contribution in [3.63, 3.8) is 0 Å². The Morgan fingerprint density at radius 1 is 1.05 bits per heavy atom. The van der Waals surface area contributed by atoms with Gasteiger partial charge in [0.15, 0.2) is 0 Å². The maximum absolute atomic E-state index is 14.2. The second kappa shape index (κ2) is 11.4. The van der Waals surface area contributed by atoms with Crippen LogP contribution in [0, 0.1) is 18.3 Å². The van der Waals surface area contributed by atoms with E-state index in [-0.39, 0.29) is 34.8 Å². The number of methoxy groups -OCH3 is 1. The van der Waals surface area contributed by atoms with Gasteiger partial charge in [0.2, 0.25) is 11.8 Å². The van der Waals surface area contributed by atoms with E-state index in [9.17, 15) is 9.90 Å². The lowest BCUT2D eigenvalue weighted by Gasteiger charge is -2.55. The summed E-state index contributed by atoms with van der Waals surface area (Å²) in [6.07, 6.45) is 17.0. The van der Waals surface area contributed by atoms with E-state index in [1.807, 2.05) is 34.2 Å². The first-order chi connectivity index (χ1) is 20.2. The number of hydrogen-bond donors (Lipinski definition) is 1. The lowest BCUT2D eigenvalue weighted by Crippen LogP contribution is -2.52. The molecule has 2 bridgehead atoms. The third-order valence-electron chi connectivity index (χ3n) is 10.5. The zero-order valence-electron chi connectivity index (χ0n) is 25.6. The molecular formula is C34H45N5O3. The third-order valence-corrected chi connectivity index (χ3v) is 10.5. The first-order valence-corrected chi connectivity index (χ1v) is 15.7. The Morgan fingerprint density at radius 2 is 1.76 bits per heavy atom. The molecule has 4 fully saturated rings. The van der Waals surface area contributed by atoms with E-state index >= 15 is 0 Å². The number of ether oxygens (including phenoxy) is 1. The van der Waals surface area contributed by atoms with Gasteiger partial charge in [-0.1, -0.05) is 0 Å². The van der Waals surface area contributed by atoms with Gasteiger partial charge >= 0.3 is 0 Å². The van der Waals surface area contributed by atoms with E-state index in [1.54, 1.807) is 7.11 Å². The summed E-state index contributed by atoms with van der Waals surface area (Å²) in [5.74, 6) is 1.52. The Morgan fingerprint density at radius 3 is 2.38 bits per heavy atom. The minimum Gasteiger partial charge on any atom is -0.481 e. The number of pyridine rings is 2. The van der Waals surface area contributed by atoms with Gasteiger partial charge in [0.05, 0.1) is 19.4 Å². The van der Waals surface area contributed by atoms with Crippen molar-refractivity contribution in [1.82, 2.24) is 19.7 Å². The van der Waals surface area contributed by atoms with Crippen LogP contribution in [0.25, 0.3) is 11.1 Å². The Labute approximate surface area is 249 Å². The summed E-state index contributed by atoms with van der Waals surface area (Å²) < 4.78 is 7.38. The quantitative estimate of drug-likeness (QED) is 0.336. The SMILES string of the molecule is COc1ncc(C23CCC(CN(c4cc(-c5cnn(C(C)C)c5)ccn4)C(=O)[C@H]4CC[C@H](O)CC4)(CC2)CC3)cc1C. The second-order valence-corrected chi connectivity index (χ2v) is 13.5. The molecule has 0 spiro atoms. The maximum atomic E-state index is 14.2. The average Bonchev–Trinajstić information content (AvgIpc) is 3.52. The van der Waals surface area contributed by atoms with Crippen LogP contribution in [0.2, 0.25) is 0 Å². The number of aromatic nitrogens is 4. The standard InChI is InChI=1S/C34H45N5O3/c1-23(2)39-21-27(19-37-39)26-9-16-35-30(18-26)38(32(41)25-5-7-29(40)8-6-25)22-33-10-13-34(14-11-33,15-12-33)28-17-24(3)31(42-4)36-20-28/h9,16-21,23,25,29,40H,5-8,10-15,22H2,1-4H3/t25-,29-,33?,34?. The number of amides is 1. The van der Waals surface area contributed by atoms with Gasteiger partial charge in [-0.25, -0.2) is 9.97 Å². The number of carbonyl (C=O) groups excluding carboxylic acids is 1. The van der Waals surface area contributed by atoms with Crippen molar-refractivity contribution < 1.29 is 14.6 Å². The molecule has 0 aromatic carbocycles. The monoisotopic (exact) mass is 571 g/mol. The van der Waals surface area contributed by atoms with Gasteiger partial charge in [-0.2, -0.15) is 5.10 Å². The predicted molar refractivity (Wildman–Crippen MR) is 163 cm³/mol. The molecule has 3 aromatic rings. The van der Waals surface area contributed by atoms with Crippen molar-refractivity contribution in [2.45, 2.75) is 103 Å². The fourth-order valence-electron chi connectivity index (χ4n) is 7.66. The van der Waals surface area contributed by atoms with Crippen LogP contribution in [0.1, 0.15) is 95.2 Å². The molecule has 4 aliphatic rings. The lowest BCUT2D eigenvalue weighted by molar-refractivity contribution is -0.124. The molecule has 8 nitrogen and oxygen atoms in total. The highest BCUT2D eigenvalue weighted by molar-refractivity contribution is 5.95. The normalized spacial score (nSPS) is 27.3. The molecule has 224 valence electrons. The topological polar surface area (TPSA) is 93.4 Å². The second-order valence-electron chi connectivity index (χ2n) is 13.5. The van der Waals surface area contributed by atoms with E-state index in [2.05, 4.69) is 49.2 Å². The number of nitrogens with zero attached hydrogens (tertiary/aromatic N) is 5. The third kappa shape index (κ3) is 5.46. The highest BCUT2D eigenvalue weighted by atomic mass is 16.5. The van der Waals surface area contributed by atoms with Crippen LogP contribution in [-0.4, -0.2) is 50.5 Å². The maximum Gasteiger partial charge on any atom is 0.231 e. The summed E-state index contributed by atoms with van der Waals surface area (Å²) in [5, 5.41) is 14.7. The number of hydrogen-bond acceptors (Lipinski definition) is 6. The van der Waals surface area contributed by atoms with Crippen molar-refractivity contribution in [2.24, 2.45) is 11.3 Å². The van der Waals surface area contributed by atoms with Crippen molar-refractivity contribution in [2.75, 3.05) is 18.6 Å². The summed E-state index contributed by atoms with van der Waals surface area (Å²) in [7, 11) is 1.68. The van der Waals surface area contributed by atoms with Gasteiger partial charge in [-0.3, -0.25) is 14.4 Å². The molecule has 0 unspecified atom stereocenters. The van der Waals surface area contributed by atoms with E-state index in [4.69, 9.17) is 9.72 Å². The minimum atomic E-state index is -0.291. The van der Waals surface area contributed by atoms with Crippen molar-refractivity contribution in [1.29, 1.82) is 0 Å². The average molecular weight is 572 g/mol. The molecule has 7 rings (SSSR count). The van der Waals surface area contributed by atoms with Gasteiger partial charge in [-0.15, -0.1) is 0 Å². The van der Waals surface area contributed by atoms with E-state index in [0.717, 1.165) is 73.9 Å². The molecule has 3 aromatic heterocycles. The summed E-state index contributed by atoms with van der Waals surface area (Å²) in [4.78, 5) is 25.6. The zero-order valence-corrected chi connectivity index (χ0v) is 25.6. The number of aliphatic hydroxyl groups is 1. The molecule has 0 atom stereocenters. The minimum absolute atomic E-state index is 0.0708. The Hall–Kier alpha value is -3.26. The first kappa shape index (κ1) is 28.8. The highest BCUT2D eigenvalue weighted by Crippen LogP contribution is 2.58. The van der Waals surface area contributed by atoms with Crippen molar-refractivity contribution in [3.05, 3.63) is 54.1 Å². The van der Waals surface area contributed by atoms with Gasteiger partial charge < -0.3 is 9.84 Å². The molecule has 42 heavy (non-hydrogen) atoms. The van der Waals surface area contributed by atoms with E-state index < -0.39 is 0 Å². The summed E-state index contributed by atoms with van der Waals surface area (Å²) in [6.45, 7) is 7.00. The fraction of sp³-hybridized carbons (Fsp3) is 0.588. The van der Waals surface area contributed by atoms with Crippen molar-refractivity contribution in [3.8, 4) is 17.0 Å². The summed E-state index contributed by atoms with van der Waals surface area (Å²) in [5.41, 5.74) is 4.72. The van der Waals surface area contributed by atoms with Crippen molar-refractivity contribution >= 4 is 11.7 Å². The molecule has 0 aliphatic heterocycles. The molecule has 1 N–H and O–H groups in total. The number of carbonyl (C=O) groups is 1. The zero-order chi connectivity index (χ0) is 29.5. The van der Waals surface area contributed by atoms with Crippen LogP contribution >= 0.6 is 0 Å². The fourth-order valence-corrected chi connectivity index (χ4v) is 7.66. The van der Waals surface area contributed by atoms with Crippen LogP contribution in [-0.2, 0) is 10.2 Å². The largest absolute Gasteiger partial charge is 0.481 e. The lowest BCUT2D eigenvalue weighted by atomic mass is 9.52. The van der Waals surface area contributed by atoms with Crippen LogP contribution in [0.15, 0.2) is 43.0 Å². The van der Waals surface area contributed by atoms with E-state index in [1.165, 1.54) is 5.56 Å². The first-order valence-electron chi connectivity index (χ1n) is 15.7. The molecule has 4 aliphatic carbocycles. The van der Waals surface area contributed by atoms with Crippen LogP contribution < -0.4 is 9.64 Å². The number of aryl methyl sites for hydroxylation is 1. The van der Waals surface area contributed by atoms with Gasteiger partial charge in [0.1, 0.15) is 5.82 Å². The Kier molecular flexibility index (Phi) is 7.85. The Balaban J connectivity index is 1.27. The van der Waals surface area contributed by atoms with Crippen LogP contribution in [0.4, 0.5) is 5.82 Å². The summed E-state index contributed by atoms with van der Waals surface area (Å²) in [6, 6.07) is 6.62. The number of fused-ring (bicyclic) bond motifs is 3. The molecule has 3 heterocycles. The molecule has 1 amide bonds. The number of anilines is 1. The molecule has 0 saturated heterocycles. The smallest absolute Gasteiger partial charge is 0.231 e. The molecule has 0 radical (unpaired) electrons. The summed E-state index contributed by atoms with van der Waals surface area (Å²) >= 11 is 0. The molecule has 4 saturated carbocycles. The Bertz CT molecular complexity index is 1400. The van der Waals surface area contributed by atoms with Crippen LogP contribution in [0.3, 0.4) is 0 Å². The molecular weight excluding hydrogens is 526 g/mol. The predicted octanol–water partition coefficient (Wildman–Crippen LogP) is 6.41. The van der Waals surface area contributed by atoms with E-state index in [0.29, 0.717) is 25.3 Å². The van der Waals surface area contributed by atoms with Gasteiger partial charge in [-0.05, 0) is 125 Å².